The molecule has 2 N–H and O–H groups in total. The van der Waals surface area contributed by atoms with E-state index in [4.69, 9.17) is 5.11 Å². The minimum atomic E-state index is -4.88. The molecule has 1 radical (unpaired) electrons. The first kappa shape index (κ1) is 25.9. The summed E-state index contributed by atoms with van der Waals surface area (Å²) in [5.41, 5.74) is 2.19. The molecular weight excluding hydrogens is 581 g/mol. The fourth-order valence-electron chi connectivity index (χ4n) is 3.42. The van der Waals surface area contributed by atoms with Gasteiger partial charge < -0.3 is 5.11 Å². The third-order valence-corrected chi connectivity index (χ3v) is 4.97. The van der Waals surface area contributed by atoms with Crippen LogP contribution in [0, 0.1) is 49.4 Å². The van der Waals surface area contributed by atoms with Gasteiger partial charge in [0.05, 0.1) is 22.7 Å². The number of benzene rings is 3. The second-order valence-electron chi connectivity index (χ2n) is 7.16. The Morgan fingerprint density at radius 1 is 0.735 bits per heavy atom. The molecule has 0 spiro atoms. The van der Waals surface area contributed by atoms with Gasteiger partial charge in [0.25, 0.3) is 0 Å². The molecule has 0 amide bonds. The second kappa shape index (κ2) is 11.2. The van der Waals surface area contributed by atoms with Crippen LogP contribution in [0.5, 0.6) is 0 Å². The van der Waals surface area contributed by atoms with Crippen molar-refractivity contribution in [2.75, 3.05) is 0 Å². The Balaban J connectivity index is 0.000000192. The van der Waals surface area contributed by atoms with E-state index in [0.717, 1.165) is 27.2 Å². The number of halogens is 3. The maximum atomic E-state index is 12.2. The molecule has 0 aliphatic rings. The number of hydrogen-bond acceptors (Lipinski definition) is 3. The average molecular weight is 599 g/mol. The molecule has 0 unspecified atom stereocenters. The van der Waals surface area contributed by atoms with Crippen LogP contribution in [0.3, 0.4) is 0 Å². The Bertz CT molecular complexity index is 1440. The van der Waals surface area contributed by atoms with Crippen LogP contribution in [0.1, 0.15) is 5.56 Å². The number of allylic oxidation sites excluding steroid dienone is 2. The molecule has 0 aliphatic heterocycles. The molecular formula is C26H18EuF3N2O2+. The van der Waals surface area contributed by atoms with Gasteiger partial charge in [-0.25, -0.2) is 0 Å². The molecule has 171 valence electrons. The van der Waals surface area contributed by atoms with Crippen molar-refractivity contribution in [3.8, 4) is 0 Å². The Morgan fingerprint density at radius 2 is 1.26 bits per heavy atom. The first-order valence-corrected chi connectivity index (χ1v) is 9.95. The van der Waals surface area contributed by atoms with Crippen molar-refractivity contribution in [2.24, 2.45) is 0 Å². The van der Waals surface area contributed by atoms with Crippen LogP contribution < -0.4 is 0 Å². The predicted molar refractivity (Wildman–Crippen MR) is 124 cm³/mol. The minimum Gasteiger partial charge on any atom is -0.504 e. The van der Waals surface area contributed by atoms with Gasteiger partial charge in [0.1, 0.15) is 0 Å². The maximum absolute atomic E-state index is 12.2. The summed E-state index contributed by atoms with van der Waals surface area (Å²) in [4.78, 5) is 18.4. The number of nitrogens with zero attached hydrogens (tertiary/aromatic N) is 2. The van der Waals surface area contributed by atoms with E-state index < -0.39 is 17.7 Å². The quantitative estimate of drug-likeness (QED) is 0.0827. The van der Waals surface area contributed by atoms with Gasteiger partial charge in [0.15, 0.2) is 0 Å². The van der Waals surface area contributed by atoms with Gasteiger partial charge in [-0.2, -0.15) is 13.2 Å². The Hall–Kier alpha value is -2.68. The van der Waals surface area contributed by atoms with E-state index >= 15 is 0 Å². The van der Waals surface area contributed by atoms with Gasteiger partial charge in [0.2, 0.25) is 5.76 Å². The van der Waals surface area contributed by atoms with Gasteiger partial charge in [-0.15, -0.1) is 0 Å². The van der Waals surface area contributed by atoms with Gasteiger partial charge in [-0.1, -0.05) is 60.7 Å². The molecule has 0 fully saturated rings. The topological polar surface area (TPSA) is 67.4 Å². The number of carbonyl (C=O) groups excluding carboxylic acids is 1. The molecule has 34 heavy (non-hydrogen) atoms. The molecule has 0 saturated heterocycles. The number of pyridine rings is 2. The van der Waals surface area contributed by atoms with E-state index in [9.17, 15) is 18.0 Å². The third-order valence-electron chi connectivity index (χ3n) is 4.97. The van der Waals surface area contributed by atoms with Crippen molar-refractivity contribution in [1.29, 1.82) is 0 Å². The van der Waals surface area contributed by atoms with Crippen molar-refractivity contribution in [3.63, 3.8) is 0 Å². The van der Waals surface area contributed by atoms with E-state index in [0.29, 0.717) is 11.5 Å². The van der Waals surface area contributed by atoms with Crippen molar-refractivity contribution < 1.29 is 72.4 Å². The average Bonchev–Trinajstić information content (AvgIpc) is 2.83. The van der Waals surface area contributed by atoms with E-state index in [1.54, 1.807) is 48.8 Å². The third kappa shape index (κ3) is 5.87. The number of rotatable bonds is 2. The first-order chi connectivity index (χ1) is 15.8. The zero-order valence-electron chi connectivity index (χ0n) is 17.5. The number of alkyl halides is 3. The van der Waals surface area contributed by atoms with Crippen molar-refractivity contribution >= 4 is 38.4 Å². The number of aliphatic hydroxyl groups excluding tert-OH is 1. The van der Waals surface area contributed by atoms with E-state index in [1.165, 1.54) is 6.07 Å². The van der Waals surface area contributed by atoms with Crippen LogP contribution in [0.4, 0.5) is 13.2 Å². The molecule has 5 rings (SSSR count). The molecule has 2 heterocycles. The van der Waals surface area contributed by atoms with E-state index in [-0.39, 0.29) is 54.9 Å². The second-order valence-corrected chi connectivity index (χ2v) is 7.16. The van der Waals surface area contributed by atoms with Gasteiger partial charge in [0, 0.05) is 72.5 Å². The molecule has 0 bridgehead atoms. The summed E-state index contributed by atoms with van der Waals surface area (Å²) in [6.45, 7) is 0. The number of ketones is 1. The molecule has 3 aromatic carbocycles. The molecule has 8 heteroatoms. The molecule has 5 aromatic rings. The molecule has 0 atom stereocenters. The first-order valence-electron chi connectivity index (χ1n) is 9.95. The fourth-order valence-corrected chi connectivity index (χ4v) is 3.42. The largest absolute Gasteiger partial charge is 0.504 e. The Labute approximate surface area is 233 Å². The monoisotopic (exact) mass is 600 g/mol. The Kier molecular flexibility index (Phi) is 8.52. The van der Waals surface area contributed by atoms with Crippen LogP contribution >= 0.6 is 0 Å². The van der Waals surface area contributed by atoms with Gasteiger partial charge in [-0.05, 0) is 29.0 Å². The van der Waals surface area contributed by atoms with Crippen molar-refractivity contribution in [3.05, 3.63) is 109 Å². The van der Waals surface area contributed by atoms with Crippen LogP contribution in [0.2, 0.25) is 0 Å². The number of aromatic nitrogens is 2. The maximum Gasteiger partial charge on any atom is 0.449 e. The van der Waals surface area contributed by atoms with Crippen LogP contribution in [-0.4, -0.2) is 31.8 Å². The smallest absolute Gasteiger partial charge is 0.449 e. The van der Waals surface area contributed by atoms with Crippen LogP contribution in [0.25, 0.3) is 32.6 Å². The van der Waals surface area contributed by atoms with Crippen LogP contribution in [-0.2, 0) is 0 Å². The summed E-state index contributed by atoms with van der Waals surface area (Å²) in [6.07, 6.45) is -0.965. The SMILES string of the molecule is O/C(=C\C(=[OH+])c1cccc2ccccc12)C(F)(F)F.[Eu].c1cnc2c(c1)ccc1cccnc12. The molecule has 0 aliphatic carbocycles. The summed E-state index contributed by atoms with van der Waals surface area (Å²) in [5.74, 6) is -2.47. The number of fused-ring (bicyclic) bond motifs is 4. The summed E-state index contributed by atoms with van der Waals surface area (Å²) >= 11 is 0. The standard InChI is InChI=1S/C14H9F3O2.C12H8N2.Eu/c15-14(16,17)13(19)8-12(18)11-7-3-5-9-4-1-2-6-10(9)11;1-3-9-5-6-10-4-2-8-14-12(10)11(9)13-7-1;/h1-8,19H;1-8H;/p+1/b13-8-;;. The van der Waals surface area contributed by atoms with Crippen molar-refractivity contribution in [2.45, 2.75) is 6.18 Å². The summed E-state index contributed by atoms with van der Waals surface area (Å²) in [5, 5.41) is 12.5. The van der Waals surface area contributed by atoms with Crippen LogP contribution in [0.15, 0.2) is 103 Å². The fraction of sp³-hybridized carbons (Fsp3) is 0.0385. The summed E-state index contributed by atoms with van der Waals surface area (Å²) in [7, 11) is 0. The molecule has 0 saturated carbocycles. The van der Waals surface area contributed by atoms with Gasteiger partial charge in [-0.3, -0.25) is 14.8 Å². The molecule has 4 nitrogen and oxygen atoms in total. The van der Waals surface area contributed by atoms with Crippen molar-refractivity contribution in [1.82, 2.24) is 9.97 Å². The van der Waals surface area contributed by atoms with E-state index in [1.807, 2.05) is 12.1 Å². The normalized spacial score (nSPS) is 11.6. The zero-order valence-corrected chi connectivity index (χ0v) is 20.0. The number of aliphatic hydroxyl groups is 1. The molecule has 2 aromatic heterocycles. The zero-order chi connectivity index (χ0) is 23.4. The Morgan fingerprint density at radius 3 is 1.85 bits per heavy atom. The minimum absolute atomic E-state index is 0. The predicted octanol–water partition coefficient (Wildman–Crippen LogP) is 6.52. The summed E-state index contributed by atoms with van der Waals surface area (Å²) < 4.78 is 36.6. The van der Waals surface area contributed by atoms with E-state index in [2.05, 4.69) is 34.2 Å². The van der Waals surface area contributed by atoms with Gasteiger partial charge >= 0.3 is 12.0 Å². The summed E-state index contributed by atoms with van der Waals surface area (Å²) in [6, 6.07) is 24.0. The number of hydrogen-bond donors (Lipinski definition) is 1.